The van der Waals surface area contributed by atoms with Gasteiger partial charge in [-0.15, -0.1) is 0 Å². The summed E-state index contributed by atoms with van der Waals surface area (Å²) >= 11 is 2.00. The Kier molecular flexibility index (Phi) is 4.17. The van der Waals surface area contributed by atoms with E-state index in [0.29, 0.717) is 11.6 Å². The van der Waals surface area contributed by atoms with Gasteiger partial charge in [0.2, 0.25) is 0 Å². The Bertz CT molecular complexity index is 447. The molecule has 3 nitrogen and oxygen atoms in total. The first-order chi connectivity index (χ1) is 8.60. The quantitative estimate of drug-likeness (QED) is 0.882. The van der Waals surface area contributed by atoms with Gasteiger partial charge < -0.3 is 10.6 Å². The monoisotopic (exact) mass is 264 g/mol. The summed E-state index contributed by atoms with van der Waals surface area (Å²) < 4.78 is 0. The Balaban J connectivity index is 2.13. The van der Waals surface area contributed by atoms with E-state index in [-0.39, 0.29) is 5.91 Å². The number of thioether (sulfide) groups is 1. The van der Waals surface area contributed by atoms with Crippen LogP contribution in [0.15, 0.2) is 18.2 Å². The molecule has 0 spiro atoms. The summed E-state index contributed by atoms with van der Waals surface area (Å²) in [6.45, 7) is 4.33. The van der Waals surface area contributed by atoms with Gasteiger partial charge in [-0.2, -0.15) is 11.8 Å². The van der Waals surface area contributed by atoms with Crippen molar-refractivity contribution in [3.63, 3.8) is 0 Å². The molecule has 2 rings (SSSR count). The van der Waals surface area contributed by atoms with E-state index in [4.69, 9.17) is 0 Å². The van der Waals surface area contributed by atoms with Crippen LogP contribution in [0.1, 0.15) is 29.3 Å². The molecule has 98 valence electrons. The van der Waals surface area contributed by atoms with Crippen molar-refractivity contribution in [3.8, 4) is 0 Å². The SMILES string of the molecule is CNC(=O)c1ccc(C)c(NC2CSC(C)C2)c1. The molecule has 2 N–H and O–H groups in total. The minimum Gasteiger partial charge on any atom is -0.381 e. The van der Waals surface area contributed by atoms with Gasteiger partial charge in [0, 0.05) is 35.3 Å². The topological polar surface area (TPSA) is 41.1 Å². The smallest absolute Gasteiger partial charge is 0.251 e. The predicted molar refractivity (Wildman–Crippen MR) is 78.5 cm³/mol. The van der Waals surface area contributed by atoms with E-state index in [9.17, 15) is 4.79 Å². The summed E-state index contributed by atoms with van der Waals surface area (Å²) in [6.07, 6.45) is 1.19. The predicted octanol–water partition coefficient (Wildman–Crippen LogP) is 2.66. The molecule has 1 aromatic rings. The number of anilines is 1. The van der Waals surface area contributed by atoms with Crippen LogP contribution in [0.3, 0.4) is 0 Å². The molecule has 2 atom stereocenters. The van der Waals surface area contributed by atoms with Crippen LogP contribution in [0.25, 0.3) is 0 Å². The molecule has 1 aromatic carbocycles. The number of nitrogens with one attached hydrogen (secondary N) is 2. The van der Waals surface area contributed by atoms with E-state index in [0.717, 1.165) is 16.7 Å². The number of amides is 1. The Hall–Kier alpha value is -1.16. The molecule has 1 aliphatic rings. The number of aryl methyl sites for hydroxylation is 1. The Morgan fingerprint density at radius 1 is 1.44 bits per heavy atom. The van der Waals surface area contributed by atoms with Crippen molar-refractivity contribution in [3.05, 3.63) is 29.3 Å². The van der Waals surface area contributed by atoms with Gasteiger partial charge in [0.1, 0.15) is 0 Å². The maximum Gasteiger partial charge on any atom is 0.251 e. The van der Waals surface area contributed by atoms with Crippen LogP contribution in [0.4, 0.5) is 5.69 Å². The second-order valence-corrected chi connectivity index (χ2v) is 6.30. The van der Waals surface area contributed by atoms with Crippen molar-refractivity contribution in [1.29, 1.82) is 0 Å². The molecule has 0 saturated carbocycles. The fourth-order valence-corrected chi connectivity index (χ4v) is 3.35. The first-order valence-corrected chi connectivity index (χ1v) is 7.36. The van der Waals surface area contributed by atoms with E-state index in [2.05, 4.69) is 24.5 Å². The van der Waals surface area contributed by atoms with Crippen LogP contribution in [0, 0.1) is 6.92 Å². The molecule has 1 fully saturated rings. The molecule has 1 amide bonds. The van der Waals surface area contributed by atoms with Crippen molar-refractivity contribution < 1.29 is 4.79 Å². The summed E-state index contributed by atoms with van der Waals surface area (Å²) in [5, 5.41) is 6.94. The second-order valence-electron chi connectivity index (χ2n) is 4.83. The van der Waals surface area contributed by atoms with Gasteiger partial charge >= 0.3 is 0 Å². The largest absolute Gasteiger partial charge is 0.381 e. The van der Waals surface area contributed by atoms with Crippen molar-refractivity contribution in [2.24, 2.45) is 0 Å². The minimum absolute atomic E-state index is 0.0350. The van der Waals surface area contributed by atoms with Gasteiger partial charge in [-0.3, -0.25) is 4.79 Å². The van der Waals surface area contributed by atoms with Gasteiger partial charge in [0.25, 0.3) is 5.91 Å². The molecule has 0 radical (unpaired) electrons. The number of carbonyl (C=O) groups excluding carboxylic acids is 1. The number of hydrogen-bond donors (Lipinski definition) is 2. The fourth-order valence-electron chi connectivity index (χ4n) is 2.20. The van der Waals surface area contributed by atoms with Gasteiger partial charge in [-0.05, 0) is 31.0 Å². The third-order valence-corrected chi connectivity index (χ3v) is 4.64. The van der Waals surface area contributed by atoms with Crippen LogP contribution in [-0.4, -0.2) is 30.0 Å². The Morgan fingerprint density at radius 2 is 2.22 bits per heavy atom. The zero-order valence-electron chi connectivity index (χ0n) is 11.1. The van der Waals surface area contributed by atoms with Crippen molar-refractivity contribution in [1.82, 2.24) is 5.32 Å². The molecule has 1 heterocycles. The molecule has 1 saturated heterocycles. The molecule has 4 heteroatoms. The minimum atomic E-state index is -0.0350. The molecule has 2 unspecified atom stereocenters. The van der Waals surface area contributed by atoms with Crippen LogP contribution in [0.5, 0.6) is 0 Å². The molecule has 1 aliphatic heterocycles. The lowest BCUT2D eigenvalue weighted by molar-refractivity contribution is 0.0963. The third kappa shape index (κ3) is 2.99. The summed E-state index contributed by atoms with van der Waals surface area (Å²) in [4.78, 5) is 11.6. The number of benzene rings is 1. The standard InChI is InChI=1S/C14H20N2OS/c1-9-4-5-11(14(17)15-3)7-13(9)16-12-6-10(2)18-8-12/h4-5,7,10,12,16H,6,8H2,1-3H3,(H,15,17). The average molecular weight is 264 g/mol. The second kappa shape index (κ2) is 5.65. The lowest BCUT2D eigenvalue weighted by atomic mass is 10.1. The molecular weight excluding hydrogens is 244 g/mol. The average Bonchev–Trinajstić information content (AvgIpc) is 2.76. The summed E-state index contributed by atoms with van der Waals surface area (Å²) in [5.41, 5.74) is 2.98. The summed E-state index contributed by atoms with van der Waals surface area (Å²) in [5.74, 6) is 1.11. The maximum absolute atomic E-state index is 11.6. The van der Waals surface area contributed by atoms with Gasteiger partial charge in [0.05, 0.1) is 0 Å². The lowest BCUT2D eigenvalue weighted by Gasteiger charge is -2.16. The molecular formula is C14H20N2OS. The van der Waals surface area contributed by atoms with Gasteiger partial charge in [-0.25, -0.2) is 0 Å². The molecule has 0 aliphatic carbocycles. The number of rotatable bonds is 3. The van der Waals surface area contributed by atoms with Crippen LogP contribution >= 0.6 is 11.8 Å². The van der Waals surface area contributed by atoms with Crippen LogP contribution < -0.4 is 10.6 Å². The highest BCUT2D eigenvalue weighted by molar-refractivity contribution is 8.00. The zero-order valence-corrected chi connectivity index (χ0v) is 11.9. The fraction of sp³-hybridized carbons (Fsp3) is 0.500. The molecule has 18 heavy (non-hydrogen) atoms. The molecule has 0 aromatic heterocycles. The normalized spacial score (nSPS) is 22.8. The van der Waals surface area contributed by atoms with E-state index < -0.39 is 0 Å². The van der Waals surface area contributed by atoms with E-state index >= 15 is 0 Å². The van der Waals surface area contributed by atoms with Crippen LogP contribution in [-0.2, 0) is 0 Å². The van der Waals surface area contributed by atoms with E-state index in [1.54, 1.807) is 7.05 Å². The third-order valence-electron chi connectivity index (χ3n) is 3.28. The first-order valence-electron chi connectivity index (χ1n) is 6.31. The van der Waals surface area contributed by atoms with Crippen molar-refractivity contribution in [2.45, 2.75) is 31.6 Å². The van der Waals surface area contributed by atoms with Gasteiger partial charge in [0.15, 0.2) is 0 Å². The Morgan fingerprint density at radius 3 is 2.83 bits per heavy atom. The number of hydrogen-bond acceptors (Lipinski definition) is 3. The molecule has 0 bridgehead atoms. The van der Waals surface area contributed by atoms with Crippen LogP contribution in [0.2, 0.25) is 0 Å². The highest BCUT2D eigenvalue weighted by atomic mass is 32.2. The van der Waals surface area contributed by atoms with Gasteiger partial charge in [-0.1, -0.05) is 13.0 Å². The number of carbonyl (C=O) groups is 1. The first kappa shape index (κ1) is 13.3. The Labute approximate surface area is 113 Å². The van der Waals surface area contributed by atoms with E-state index in [1.807, 2.05) is 30.0 Å². The zero-order chi connectivity index (χ0) is 13.1. The highest BCUT2D eigenvalue weighted by Gasteiger charge is 2.22. The van der Waals surface area contributed by atoms with Crippen molar-refractivity contribution in [2.75, 3.05) is 18.1 Å². The highest BCUT2D eigenvalue weighted by Crippen LogP contribution is 2.29. The maximum atomic E-state index is 11.6. The summed E-state index contributed by atoms with van der Waals surface area (Å²) in [7, 11) is 1.66. The lowest BCUT2D eigenvalue weighted by Crippen LogP contribution is -2.21. The van der Waals surface area contributed by atoms with E-state index in [1.165, 1.54) is 12.0 Å². The van der Waals surface area contributed by atoms with Crippen molar-refractivity contribution >= 4 is 23.4 Å². The summed E-state index contributed by atoms with van der Waals surface area (Å²) in [6, 6.07) is 6.33.